The predicted octanol–water partition coefficient (Wildman–Crippen LogP) is 3.27. The van der Waals surface area contributed by atoms with E-state index in [2.05, 4.69) is 41.7 Å². The Kier molecular flexibility index (Phi) is 4.34. The smallest absolute Gasteiger partial charge is 0.241 e. The maximum Gasteiger partial charge on any atom is 0.241 e. The Hall–Kier alpha value is -1.62. The van der Waals surface area contributed by atoms with Gasteiger partial charge in [0.05, 0.1) is 17.8 Å². The number of aromatic nitrogens is 3. The van der Waals surface area contributed by atoms with E-state index < -0.39 is 0 Å². The molecule has 3 rings (SSSR count). The monoisotopic (exact) mass is 302 g/mol. The van der Waals surface area contributed by atoms with E-state index in [0.717, 1.165) is 37.6 Å². The molecule has 120 valence electrons. The molecule has 22 heavy (non-hydrogen) atoms. The summed E-state index contributed by atoms with van der Waals surface area (Å²) in [5, 5.41) is 17.8. The van der Waals surface area contributed by atoms with Gasteiger partial charge < -0.3 is 10.4 Å². The van der Waals surface area contributed by atoms with Gasteiger partial charge in [-0.25, -0.2) is 9.50 Å². The first kappa shape index (κ1) is 15.3. The Morgan fingerprint density at radius 1 is 1.36 bits per heavy atom. The van der Waals surface area contributed by atoms with E-state index in [1.807, 2.05) is 6.20 Å². The summed E-state index contributed by atoms with van der Waals surface area (Å²) in [6.45, 7) is 6.40. The fourth-order valence-electron chi connectivity index (χ4n) is 3.22. The number of fused-ring (bicyclic) bond motifs is 1. The SMILES string of the molecule is CC[C@H](C)Nc1ncc2c(C)cc([C@H]3CC[C@H](O)CC3)n2n1. The molecule has 0 unspecified atom stereocenters. The first-order valence-corrected chi connectivity index (χ1v) is 8.38. The summed E-state index contributed by atoms with van der Waals surface area (Å²) in [5.41, 5.74) is 3.56. The molecule has 1 atom stereocenters. The van der Waals surface area contributed by atoms with Crippen LogP contribution in [0.5, 0.6) is 0 Å². The third-order valence-electron chi connectivity index (χ3n) is 4.85. The zero-order chi connectivity index (χ0) is 15.7. The molecule has 1 fully saturated rings. The number of hydrogen-bond donors (Lipinski definition) is 2. The average molecular weight is 302 g/mol. The predicted molar refractivity (Wildman–Crippen MR) is 88.3 cm³/mol. The molecule has 2 aromatic rings. The zero-order valence-corrected chi connectivity index (χ0v) is 13.7. The van der Waals surface area contributed by atoms with Crippen LogP contribution >= 0.6 is 0 Å². The first-order valence-electron chi connectivity index (χ1n) is 8.38. The molecule has 5 nitrogen and oxygen atoms in total. The second-order valence-electron chi connectivity index (χ2n) is 6.59. The topological polar surface area (TPSA) is 62.5 Å². The van der Waals surface area contributed by atoms with Gasteiger partial charge in [0.15, 0.2) is 0 Å². The van der Waals surface area contributed by atoms with Crippen molar-refractivity contribution in [3.63, 3.8) is 0 Å². The van der Waals surface area contributed by atoms with Crippen LogP contribution in [0.1, 0.15) is 63.1 Å². The van der Waals surface area contributed by atoms with E-state index in [-0.39, 0.29) is 6.10 Å². The lowest BCUT2D eigenvalue weighted by atomic mass is 9.85. The zero-order valence-electron chi connectivity index (χ0n) is 13.7. The summed E-state index contributed by atoms with van der Waals surface area (Å²) >= 11 is 0. The Morgan fingerprint density at radius 2 is 2.09 bits per heavy atom. The van der Waals surface area contributed by atoms with Crippen LogP contribution in [-0.4, -0.2) is 31.9 Å². The van der Waals surface area contributed by atoms with E-state index in [1.54, 1.807) is 0 Å². The van der Waals surface area contributed by atoms with E-state index in [1.165, 1.54) is 11.3 Å². The quantitative estimate of drug-likeness (QED) is 0.910. The number of anilines is 1. The lowest BCUT2D eigenvalue weighted by Crippen LogP contribution is -2.19. The molecule has 0 aromatic carbocycles. The van der Waals surface area contributed by atoms with E-state index in [9.17, 15) is 5.11 Å². The van der Waals surface area contributed by atoms with E-state index in [4.69, 9.17) is 5.10 Å². The van der Waals surface area contributed by atoms with Gasteiger partial charge in [0.1, 0.15) is 0 Å². The number of nitrogens with zero attached hydrogens (tertiary/aromatic N) is 3. The molecule has 1 aliphatic rings. The van der Waals surface area contributed by atoms with Crippen LogP contribution < -0.4 is 5.32 Å². The second kappa shape index (κ2) is 6.24. The van der Waals surface area contributed by atoms with Crippen LogP contribution in [0.25, 0.3) is 5.52 Å². The summed E-state index contributed by atoms with van der Waals surface area (Å²) in [4.78, 5) is 4.44. The van der Waals surface area contributed by atoms with E-state index >= 15 is 0 Å². The van der Waals surface area contributed by atoms with Crippen molar-refractivity contribution in [1.29, 1.82) is 0 Å². The van der Waals surface area contributed by atoms with E-state index in [0.29, 0.717) is 17.9 Å². The molecule has 5 heteroatoms. The highest BCUT2D eigenvalue weighted by Gasteiger charge is 2.24. The normalized spacial score (nSPS) is 23.6. The van der Waals surface area contributed by atoms with Gasteiger partial charge in [-0.2, -0.15) is 0 Å². The number of aryl methyl sites for hydroxylation is 1. The molecule has 0 aliphatic heterocycles. The average Bonchev–Trinajstić information content (AvgIpc) is 2.84. The number of aliphatic hydroxyl groups is 1. The molecule has 1 saturated carbocycles. The molecule has 0 radical (unpaired) electrons. The van der Waals surface area contributed by atoms with Gasteiger partial charge in [0.2, 0.25) is 5.95 Å². The molecule has 2 N–H and O–H groups in total. The largest absolute Gasteiger partial charge is 0.393 e. The Bertz CT molecular complexity index is 643. The maximum atomic E-state index is 9.72. The molecule has 0 spiro atoms. The summed E-state index contributed by atoms with van der Waals surface area (Å²) in [5.74, 6) is 1.17. The minimum Gasteiger partial charge on any atom is -0.393 e. The van der Waals surface area contributed by atoms with Crippen LogP contribution in [0.2, 0.25) is 0 Å². The molecular weight excluding hydrogens is 276 g/mol. The van der Waals surface area contributed by atoms with Crippen molar-refractivity contribution in [1.82, 2.24) is 14.6 Å². The Morgan fingerprint density at radius 3 is 2.77 bits per heavy atom. The van der Waals surface area contributed by atoms with Gasteiger partial charge in [-0.3, -0.25) is 0 Å². The van der Waals surface area contributed by atoms with Gasteiger partial charge in [0, 0.05) is 17.7 Å². The first-order chi connectivity index (χ1) is 10.6. The standard InChI is InChI=1S/C17H26N4O/c1-4-12(3)19-17-18-10-16-11(2)9-15(21(16)20-17)13-5-7-14(22)8-6-13/h9-10,12-14,22H,4-8H2,1-3H3,(H,19,20)/t12-,13-,14-/m0/s1. The summed E-state index contributed by atoms with van der Waals surface area (Å²) in [6.07, 6.45) is 6.67. The molecule has 1 aliphatic carbocycles. The molecule has 0 bridgehead atoms. The molecule has 0 saturated heterocycles. The van der Waals surface area contributed by atoms with Crippen molar-refractivity contribution < 1.29 is 5.11 Å². The third-order valence-corrected chi connectivity index (χ3v) is 4.85. The number of hydrogen-bond acceptors (Lipinski definition) is 4. The van der Waals surface area contributed by atoms with Crippen LogP contribution in [0.4, 0.5) is 5.95 Å². The third kappa shape index (κ3) is 2.95. The van der Waals surface area contributed by atoms with Gasteiger partial charge in [-0.15, -0.1) is 5.10 Å². The lowest BCUT2D eigenvalue weighted by Gasteiger charge is -2.25. The van der Waals surface area contributed by atoms with Crippen molar-refractivity contribution in [2.75, 3.05) is 5.32 Å². The van der Waals surface area contributed by atoms with Crippen molar-refractivity contribution in [2.24, 2.45) is 0 Å². The summed E-state index contributed by atoms with van der Waals surface area (Å²) in [7, 11) is 0. The Labute approximate surface area is 131 Å². The lowest BCUT2D eigenvalue weighted by molar-refractivity contribution is 0.121. The van der Waals surface area contributed by atoms with Crippen molar-refractivity contribution >= 4 is 11.5 Å². The number of nitrogens with one attached hydrogen (secondary N) is 1. The summed E-state index contributed by atoms with van der Waals surface area (Å²) in [6, 6.07) is 2.60. The molecule has 0 amide bonds. The van der Waals surface area contributed by atoms with Crippen molar-refractivity contribution in [2.45, 2.75) is 70.9 Å². The van der Waals surface area contributed by atoms with Crippen LogP contribution in [0, 0.1) is 6.92 Å². The van der Waals surface area contributed by atoms with Crippen LogP contribution in [0.3, 0.4) is 0 Å². The summed E-state index contributed by atoms with van der Waals surface area (Å²) < 4.78 is 2.05. The molecular formula is C17H26N4O. The number of rotatable bonds is 4. The van der Waals surface area contributed by atoms with Gasteiger partial charge >= 0.3 is 0 Å². The van der Waals surface area contributed by atoms with Gasteiger partial charge in [-0.05, 0) is 57.6 Å². The van der Waals surface area contributed by atoms with Gasteiger partial charge in [0.25, 0.3) is 0 Å². The highest BCUT2D eigenvalue weighted by atomic mass is 16.3. The second-order valence-corrected chi connectivity index (χ2v) is 6.59. The molecule has 2 aromatic heterocycles. The van der Waals surface area contributed by atoms with Gasteiger partial charge in [-0.1, -0.05) is 6.92 Å². The van der Waals surface area contributed by atoms with Crippen LogP contribution in [0.15, 0.2) is 12.3 Å². The number of aliphatic hydroxyl groups excluding tert-OH is 1. The highest BCUT2D eigenvalue weighted by Crippen LogP contribution is 2.34. The highest BCUT2D eigenvalue weighted by molar-refractivity contribution is 5.56. The van der Waals surface area contributed by atoms with Crippen molar-refractivity contribution in [3.8, 4) is 0 Å². The van der Waals surface area contributed by atoms with Crippen LogP contribution in [-0.2, 0) is 0 Å². The maximum absolute atomic E-state index is 9.72. The fourth-order valence-corrected chi connectivity index (χ4v) is 3.22. The van der Waals surface area contributed by atoms with Crippen molar-refractivity contribution in [3.05, 3.63) is 23.5 Å². The minimum atomic E-state index is -0.124. The fraction of sp³-hybridized carbons (Fsp3) is 0.647. The minimum absolute atomic E-state index is 0.124. The molecule has 2 heterocycles. The Balaban J connectivity index is 1.93.